The Morgan fingerprint density at radius 1 is 1.59 bits per heavy atom. The van der Waals surface area contributed by atoms with E-state index in [-0.39, 0.29) is 18.1 Å². The molecule has 7 heteroatoms. The number of nitrogens with one attached hydrogen (secondary N) is 2. The molecular weight excluding hydrogens is 288 g/mol. The summed E-state index contributed by atoms with van der Waals surface area (Å²) in [5, 5.41) is 5.71. The summed E-state index contributed by atoms with van der Waals surface area (Å²) in [5.74, 6) is 0.188. The Hall–Kier alpha value is -1.05. The molecule has 1 saturated heterocycles. The molecule has 0 aliphatic carbocycles. The summed E-state index contributed by atoms with van der Waals surface area (Å²) in [6.45, 7) is 3.54. The predicted molar refractivity (Wildman–Crippen MR) is 65.6 cm³/mol. The lowest BCUT2D eigenvalue weighted by Gasteiger charge is -2.38. The molecule has 2 rings (SSSR count). The average Bonchev–Trinajstić information content (AvgIpc) is 2.27. The van der Waals surface area contributed by atoms with Crippen molar-refractivity contribution in [2.75, 3.05) is 25.0 Å². The van der Waals surface area contributed by atoms with Crippen LogP contribution < -0.4 is 10.6 Å². The predicted octanol–water partition coefficient (Wildman–Crippen LogP) is 0.556. The van der Waals surface area contributed by atoms with Crippen molar-refractivity contribution in [1.82, 2.24) is 15.3 Å². The van der Waals surface area contributed by atoms with Crippen LogP contribution in [0.15, 0.2) is 17.0 Å². The molecular formula is C10H13BrN4O2. The minimum atomic E-state index is -0.227. The van der Waals surface area contributed by atoms with Crippen molar-refractivity contribution in [3.63, 3.8) is 0 Å². The Kier molecular flexibility index (Phi) is 3.70. The van der Waals surface area contributed by atoms with E-state index in [4.69, 9.17) is 4.74 Å². The maximum absolute atomic E-state index is 11.5. The standard InChI is InChI=1S/C10H13BrN4O2/c1-10(5-12-6-10)17-4-9(16)15-8-3-13-7(11)2-14-8/h2-3,12H,4-6H2,1H3,(H,14,15,16). The number of carbonyl (C=O) groups excluding carboxylic acids is 1. The number of hydrogen-bond donors (Lipinski definition) is 2. The van der Waals surface area contributed by atoms with Gasteiger partial charge in [-0.25, -0.2) is 9.97 Å². The van der Waals surface area contributed by atoms with Crippen molar-refractivity contribution < 1.29 is 9.53 Å². The second-order valence-electron chi connectivity index (χ2n) is 4.11. The summed E-state index contributed by atoms with van der Waals surface area (Å²) in [6.07, 6.45) is 3.00. The van der Waals surface area contributed by atoms with Crippen LogP contribution in [0.1, 0.15) is 6.92 Å². The van der Waals surface area contributed by atoms with Gasteiger partial charge in [-0.05, 0) is 22.9 Å². The Morgan fingerprint density at radius 3 is 2.88 bits per heavy atom. The van der Waals surface area contributed by atoms with Gasteiger partial charge in [0.1, 0.15) is 11.2 Å². The van der Waals surface area contributed by atoms with Gasteiger partial charge < -0.3 is 15.4 Å². The number of aromatic nitrogens is 2. The average molecular weight is 301 g/mol. The maximum atomic E-state index is 11.5. The molecule has 17 heavy (non-hydrogen) atoms. The molecule has 1 aliphatic heterocycles. The molecule has 1 aromatic rings. The Balaban J connectivity index is 1.79. The molecule has 0 unspecified atom stereocenters. The molecule has 6 nitrogen and oxygen atoms in total. The van der Waals surface area contributed by atoms with Crippen molar-refractivity contribution in [3.8, 4) is 0 Å². The third kappa shape index (κ3) is 3.45. The molecule has 1 aromatic heterocycles. The second-order valence-corrected chi connectivity index (χ2v) is 4.93. The number of hydrogen-bond acceptors (Lipinski definition) is 5. The molecule has 0 spiro atoms. The van der Waals surface area contributed by atoms with Crippen LogP contribution in [0.3, 0.4) is 0 Å². The first-order valence-corrected chi connectivity index (χ1v) is 5.99. The summed E-state index contributed by atoms with van der Waals surface area (Å²) in [5.41, 5.74) is -0.220. The van der Waals surface area contributed by atoms with E-state index < -0.39 is 0 Å². The van der Waals surface area contributed by atoms with Crippen LogP contribution in [0.5, 0.6) is 0 Å². The van der Waals surface area contributed by atoms with E-state index in [0.717, 1.165) is 13.1 Å². The summed E-state index contributed by atoms with van der Waals surface area (Å²) in [7, 11) is 0. The Morgan fingerprint density at radius 2 is 2.35 bits per heavy atom. The maximum Gasteiger partial charge on any atom is 0.251 e. The van der Waals surface area contributed by atoms with Crippen molar-refractivity contribution in [2.24, 2.45) is 0 Å². The van der Waals surface area contributed by atoms with E-state index in [9.17, 15) is 4.79 Å². The number of rotatable bonds is 4. The van der Waals surface area contributed by atoms with E-state index in [0.29, 0.717) is 10.4 Å². The van der Waals surface area contributed by atoms with Crippen LogP contribution in [0.25, 0.3) is 0 Å². The SMILES string of the molecule is CC1(OCC(=O)Nc2cnc(Br)cn2)CNC1. The normalized spacial score (nSPS) is 17.3. The van der Waals surface area contributed by atoms with Gasteiger partial charge in [-0.3, -0.25) is 4.79 Å². The van der Waals surface area contributed by atoms with Gasteiger partial charge in [0.05, 0.1) is 18.0 Å². The third-order valence-corrected chi connectivity index (χ3v) is 2.85. The first-order valence-electron chi connectivity index (χ1n) is 5.19. The molecule has 1 amide bonds. The van der Waals surface area contributed by atoms with Gasteiger partial charge in [0.15, 0.2) is 5.82 Å². The fraction of sp³-hybridized carbons (Fsp3) is 0.500. The zero-order valence-corrected chi connectivity index (χ0v) is 11.0. The first-order chi connectivity index (χ1) is 8.07. The third-order valence-electron chi connectivity index (χ3n) is 2.44. The number of nitrogens with zero attached hydrogens (tertiary/aromatic N) is 2. The Labute approximate surface area is 107 Å². The van der Waals surface area contributed by atoms with E-state index in [1.165, 1.54) is 12.4 Å². The summed E-state index contributed by atoms with van der Waals surface area (Å²) >= 11 is 3.17. The van der Waals surface area contributed by atoms with Crippen LogP contribution in [-0.4, -0.2) is 41.2 Å². The van der Waals surface area contributed by atoms with Gasteiger partial charge in [0.2, 0.25) is 0 Å². The molecule has 1 fully saturated rings. The molecule has 0 saturated carbocycles. The quantitative estimate of drug-likeness (QED) is 0.849. The fourth-order valence-corrected chi connectivity index (χ4v) is 1.58. The van der Waals surface area contributed by atoms with Crippen LogP contribution in [0, 0.1) is 0 Å². The van der Waals surface area contributed by atoms with Crippen LogP contribution in [0.2, 0.25) is 0 Å². The first kappa shape index (κ1) is 12.4. The smallest absolute Gasteiger partial charge is 0.251 e. The number of halogens is 1. The summed E-state index contributed by atoms with van der Waals surface area (Å²) in [4.78, 5) is 19.5. The van der Waals surface area contributed by atoms with Crippen molar-refractivity contribution in [3.05, 3.63) is 17.0 Å². The lowest BCUT2D eigenvalue weighted by molar-refractivity contribution is -0.130. The number of carbonyl (C=O) groups is 1. The fourth-order valence-electron chi connectivity index (χ4n) is 1.37. The molecule has 1 aliphatic rings. The highest BCUT2D eigenvalue weighted by atomic mass is 79.9. The van der Waals surface area contributed by atoms with Crippen molar-refractivity contribution >= 4 is 27.7 Å². The van der Waals surface area contributed by atoms with Crippen LogP contribution in [-0.2, 0) is 9.53 Å². The highest BCUT2D eigenvalue weighted by Crippen LogP contribution is 2.15. The van der Waals surface area contributed by atoms with Gasteiger partial charge in [0.25, 0.3) is 5.91 Å². The highest BCUT2D eigenvalue weighted by molar-refractivity contribution is 9.10. The zero-order valence-electron chi connectivity index (χ0n) is 9.36. The van der Waals surface area contributed by atoms with Crippen LogP contribution >= 0.6 is 15.9 Å². The van der Waals surface area contributed by atoms with E-state index in [1.54, 1.807) is 0 Å². The van der Waals surface area contributed by atoms with E-state index in [2.05, 4.69) is 36.5 Å². The zero-order chi connectivity index (χ0) is 12.3. The molecule has 0 aromatic carbocycles. The molecule has 2 heterocycles. The number of anilines is 1. The topological polar surface area (TPSA) is 76.1 Å². The summed E-state index contributed by atoms with van der Waals surface area (Å²) in [6, 6.07) is 0. The lowest BCUT2D eigenvalue weighted by Crippen LogP contribution is -2.59. The number of ether oxygens (including phenoxy) is 1. The van der Waals surface area contributed by atoms with Gasteiger partial charge in [-0.15, -0.1) is 0 Å². The van der Waals surface area contributed by atoms with Gasteiger partial charge >= 0.3 is 0 Å². The monoisotopic (exact) mass is 300 g/mol. The van der Waals surface area contributed by atoms with E-state index >= 15 is 0 Å². The van der Waals surface area contributed by atoms with Crippen molar-refractivity contribution in [1.29, 1.82) is 0 Å². The molecule has 0 atom stereocenters. The Bertz CT molecular complexity index is 405. The lowest BCUT2D eigenvalue weighted by atomic mass is 10.0. The molecule has 0 bridgehead atoms. The van der Waals surface area contributed by atoms with Gasteiger partial charge in [-0.2, -0.15) is 0 Å². The highest BCUT2D eigenvalue weighted by Gasteiger charge is 2.32. The van der Waals surface area contributed by atoms with Crippen molar-refractivity contribution in [2.45, 2.75) is 12.5 Å². The minimum Gasteiger partial charge on any atom is -0.363 e. The van der Waals surface area contributed by atoms with Crippen LogP contribution in [0.4, 0.5) is 5.82 Å². The molecule has 2 N–H and O–H groups in total. The van der Waals surface area contributed by atoms with Gasteiger partial charge in [-0.1, -0.05) is 0 Å². The molecule has 0 radical (unpaired) electrons. The minimum absolute atomic E-state index is 0.0237. The van der Waals surface area contributed by atoms with E-state index in [1.807, 2.05) is 6.92 Å². The largest absolute Gasteiger partial charge is 0.363 e. The number of amides is 1. The second kappa shape index (κ2) is 5.07. The molecule has 92 valence electrons. The summed E-state index contributed by atoms with van der Waals surface area (Å²) < 4.78 is 6.12. The van der Waals surface area contributed by atoms with Gasteiger partial charge in [0, 0.05) is 13.1 Å².